The highest BCUT2D eigenvalue weighted by atomic mass is 16.5. The van der Waals surface area contributed by atoms with Gasteiger partial charge in [0.05, 0.1) is 23.7 Å². The lowest BCUT2D eigenvalue weighted by Gasteiger charge is -2.35. The van der Waals surface area contributed by atoms with Crippen LogP contribution in [0, 0.1) is 6.92 Å². The molecule has 1 aliphatic carbocycles. The summed E-state index contributed by atoms with van der Waals surface area (Å²) < 4.78 is 7.86. The maximum absolute atomic E-state index is 13.3. The lowest BCUT2D eigenvalue weighted by molar-refractivity contribution is 0.0716. The summed E-state index contributed by atoms with van der Waals surface area (Å²) in [4.78, 5) is 22.5. The van der Waals surface area contributed by atoms with Crippen molar-refractivity contribution in [1.82, 2.24) is 19.4 Å². The van der Waals surface area contributed by atoms with Crippen LogP contribution in [-0.4, -0.2) is 64.6 Å². The number of fused-ring (bicyclic) bond motifs is 1. The Morgan fingerprint density at radius 1 is 1.19 bits per heavy atom. The van der Waals surface area contributed by atoms with E-state index in [1.54, 1.807) is 7.11 Å². The van der Waals surface area contributed by atoms with E-state index < -0.39 is 0 Å². The zero-order valence-electron chi connectivity index (χ0n) is 19.3. The van der Waals surface area contributed by atoms with Gasteiger partial charge in [0.15, 0.2) is 0 Å². The molecule has 1 amide bonds. The number of hydrogen-bond donors (Lipinski definition) is 0. The molecule has 2 aromatic carbocycles. The second-order valence-electron chi connectivity index (χ2n) is 9.21. The molecule has 1 atom stereocenters. The smallest absolute Gasteiger partial charge is 0.257 e. The molecule has 1 aromatic heterocycles. The number of rotatable bonds is 6. The van der Waals surface area contributed by atoms with E-state index in [4.69, 9.17) is 4.74 Å². The fraction of sp³-hybridized carbons (Fsp3) is 0.462. The van der Waals surface area contributed by atoms with Crippen molar-refractivity contribution in [3.05, 3.63) is 59.4 Å². The molecule has 168 valence electrons. The van der Waals surface area contributed by atoms with Crippen LogP contribution in [0.25, 0.3) is 11.0 Å². The zero-order chi connectivity index (χ0) is 22.2. The van der Waals surface area contributed by atoms with E-state index >= 15 is 0 Å². The molecule has 5 rings (SSSR count). The number of para-hydroxylation sites is 2. The second-order valence-corrected chi connectivity index (χ2v) is 9.21. The highest BCUT2D eigenvalue weighted by molar-refractivity contribution is 5.97. The van der Waals surface area contributed by atoms with Crippen molar-refractivity contribution in [2.24, 2.45) is 0 Å². The topological polar surface area (TPSA) is 50.6 Å². The Morgan fingerprint density at radius 3 is 2.75 bits per heavy atom. The SMILES string of the molecule is COc1cc(Cn2c(C)nc3ccccc32)ccc1C(=O)N(C)C1CCN(C2CCC2)C1. The fourth-order valence-electron chi connectivity index (χ4n) is 5.11. The third kappa shape index (κ3) is 3.77. The van der Waals surface area contributed by atoms with E-state index in [9.17, 15) is 4.79 Å². The highest BCUT2D eigenvalue weighted by Crippen LogP contribution is 2.30. The summed E-state index contributed by atoms with van der Waals surface area (Å²) in [6.45, 7) is 4.80. The zero-order valence-corrected chi connectivity index (χ0v) is 19.3. The van der Waals surface area contributed by atoms with Gasteiger partial charge >= 0.3 is 0 Å². The molecule has 32 heavy (non-hydrogen) atoms. The van der Waals surface area contributed by atoms with E-state index in [0.29, 0.717) is 17.9 Å². The molecule has 0 N–H and O–H groups in total. The van der Waals surface area contributed by atoms with Crippen molar-refractivity contribution in [3.8, 4) is 5.75 Å². The van der Waals surface area contributed by atoms with E-state index in [1.807, 2.05) is 55.3 Å². The molecule has 1 saturated heterocycles. The number of likely N-dealkylation sites (N-methyl/N-ethyl adjacent to an activating group) is 1. The lowest BCUT2D eigenvalue weighted by atomic mass is 9.92. The van der Waals surface area contributed by atoms with E-state index in [2.05, 4.69) is 20.5 Å². The predicted octanol–water partition coefficient (Wildman–Crippen LogP) is 4.10. The maximum atomic E-state index is 13.3. The number of aryl methyl sites for hydroxylation is 1. The van der Waals surface area contributed by atoms with Gasteiger partial charge in [0.25, 0.3) is 5.91 Å². The number of aromatic nitrogens is 2. The van der Waals surface area contributed by atoms with Gasteiger partial charge < -0.3 is 14.2 Å². The molecule has 6 nitrogen and oxygen atoms in total. The molecule has 1 aliphatic heterocycles. The number of amides is 1. The Balaban J connectivity index is 1.34. The first-order valence-electron chi connectivity index (χ1n) is 11.6. The van der Waals surface area contributed by atoms with Crippen LogP contribution < -0.4 is 4.74 Å². The highest BCUT2D eigenvalue weighted by Gasteiger charge is 2.35. The number of hydrogen-bond acceptors (Lipinski definition) is 4. The van der Waals surface area contributed by atoms with Crippen LogP contribution in [0.3, 0.4) is 0 Å². The Morgan fingerprint density at radius 2 is 2.00 bits per heavy atom. The molecule has 3 aromatic rings. The average molecular weight is 433 g/mol. The number of nitrogens with zero attached hydrogens (tertiary/aromatic N) is 4. The van der Waals surface area contributed by atoms with Crippen LogP contribution in [0.1, 0.15) is 47.4 Å². The van der Waals surface area contributed by atoms with Crippen molar-refractivity contribution < 1.29 is 9.53 Å². The number of methoxy groups -OCH3 is 1. The largest absolute Gasteiger partial charge is 0.496 e. The first kappa shape index (κ1) is 21.0. The summed E-state index contributed by atoms with van der Waals surface area (Å²) in [5.41, 5.74) is 3.83. The number of ether oxygens (including phenoxy) is 1. The summed E-state index contributed by atoms with van der Waals surface area (Å²) in [5, 5.41) is 0. The quantitative estimate of drug-likeness (QED) is 0.589. The minimum atomic E-state index is 0.0399. The number of benzene rings is 2. The minimum Gasteiger partial charge on any atom is -0.496 e. The van der Waals surface area contributed by atoms with Gasteiger partial charge in [-0.1, -0.05) is 24.6 Å². The van der Waals surface area contributed by atoms with Crippen molar-refractivity contribution >= 4 is 16.9 Å². The monoisotopic (exact) mass is 432 g/mol. The fourth-order valence-corrected chi connectivity index (χ4v) is 5.11. The Hall–Kier alpha value is -2.86. The molecule has 1 unspecified atom stereocenters. The molecule has 2 aliphatic rings. The Bertz CT molecular complexity index is 1130. The third-order valence-electron chi connectivity index (χ3n) is 7.34. The average Bonchev–Trinajstić information content (AvgIpc) is 3.36. The Kier molecular flexibility index (Phi) is 5.64. The van der Waals surface area contributed by atoms with Gasteiger partial charge in [-0.15, -0.1) is 0 Å². The summed E-state index contributed by atoms with van der Waals surface area (Å²) in [6, 6.07) is 15.1. The molecule has 2 fully saturated rings. The molecule has 0 bridgehead atoms. The number of imidazole rings is 1. The molecule has 1 saturated carbocycles. The van der Waals surface area contributed by atoms with Gasteiger partial charge in [-0.25, -0.2) is 4.98 Å². The van der Waals surface area contributed by atoms with Crippen molar-refractivity contribution in [2.45, 2.75) is 51.2 Å². The first-order chi connectivity index (χ1) is 15.5. The standard InChI is InChI=1S/C26H32N4O2/c1-18-27-23-9-4-5-10-24(23)30(18)16-19-11-12-22(25(15-19)32-3)26(31)28(2)21-13-14-29(17-21)20-7-6-8-20/h4-5,9-12,15,20-21H,6-8,13-14,16-17H2,1-3H3. The number of carbonyl (C=O) groups is 1. The maximum Gasteiger partial charge on any atom is 0.257 e. The molecular weight excluding hydrogens is 400 g/mol. The van der Waals surface area contributed by atoms with Gasteiger partial charge in [0.1, 0.15) is 11.6 Å². The normalized spacial score (nSPS) is 19.3. The van der Waals surface area contributed by atoms with Gasteiger partial charge in [0.2, 0.25) is 0 Å². The van der Waals surface area contributed by atoms with E-state index in [1.165, 1.54) is 19.3 Å². The van der Waals surface area contributed by atoms with Gasteiger partial charge in [-0.2, -0.15) is 0 Å². The molecule has 0 spiro atoms. The molecule has 6 heteroatoms. The summed E-state index contributed by atoms with van der Waals surface area (Å²) in [7, 11) is 3.58. The molecule has 2 heterocycles. The van der Waals surface area contributed by atoms with Crippen LogP contribution in [-0.2, 0) is 6.54 Å². The van der Waals surface area contributed by atoms with Crippen molar-refractivity contribution in [1.29, 1.82) is 0 Å². The van der Waals surface area contributed by atoms with Crippen LogP contribution >= 0.6 is 0 Å². The van der Waals surface area contributed by atoms with Crippen LogP contribution in [0.5, 0.6) is 5.75 Å². The Labute approximate surface area is 189 Å². The van der Waals surface area contributed by atoms with Crippen LogP contribution in [0.15, 0.2) is 42.5 Å². The third-order valence-corrected chi connectivity index (χ3v) is 7.34. The van der Waals surface area contributed by atoms with Gasteiger partial charge in [-0.3, -0.25) is 9.69 Å². The van der Waals surface area contributed by atoms with Gasteiger partial charge in [-0.05, 0) is 56.0 Å². The second kappa shape index (κ2) is 8.58. The van der Waals surface area contributed by atoms with Crippen molar-refractivity contribution in [2.75, 3.05) is 27.2 Å². The lowest BCUT2D eigenvalue weighted by Crippen LogP contribution is -2.43. The summed E-state index contributed by atoms with van der Waals surface area (Å²) in [5.74, 6) is 1.65. The van der Waals surface area contributed by atoms with Crippen LogP contribution in [0.4, 0.5) is 0 Å². The van der Waals surface area contributed by atoms with Gasteiger partial charge in [0, 0.05) is 38.8 Å². The predicted molar refractivity (Wildman–Crippen MR) is 126 cm³/mol. The summed E-state index contributed by atoms with van der Waals surface area (Å²) in [6.07, 6.45) is 5.02. The summed E-state index contributed by atoms with van der Waals surface area (Å²) >= 11 is 0. The number of carbonyl (C=O) groups excluding carboxylic acids is 1. The molecular formula is C26H32N4O2. The minimum absolute atomic E-state index is 0.0399. The first-order valence-corrected chi connectivity index (χ1v) is 11.6. The number of likely N-dealkylation sites (tertiary alicyclic amines) is 1. The van der Waals surface area contributed by atoms with Crippen LogP contribution in [0.2, 0.25) is 0 Å². The van der Waals surface area contributed by atoms with E-state index in [0.717, 1.165) is 48.0 Å². The molecule has 0 radical (unpaired) electrons. The van der Waals surface area contributed by atoms with Crippen molar-refractivity contribution in [3.63, 3.8) is 0 Å². The van der Waals surface area contributed by atoms with E-state index in [-0.39, 0.29) is 11.9 Å².